The van der Waals surface area contributed by atoms with Crippen molar-refractivity contribution in [3.05, 3.63) is 102 Å². The van der Waals surface area contributed by atoms with E-state index >= 15 is 0 Å². The molecule has 1 N–H and O–H groups in total. The lowest BCUT2D eigenvalue weighted by Gasteiger charge is -2.00. The van der Waals surface area contributed by atoms with E-state index in [1.54, 1.807) is 47.3 Å². The van der Waals surface area contributed by atoms with E-state index in [1.165, 1.54) is 18.2 Å². The highest BCUT2D eigenvalue weighted by atomic mass is 19.1. The predicted molar refractivity (Wildman–Crippen MR) is 125 cm³/mol. The average molecular weight is 438 g/mol. The maximum Gasteiger partial charge on any atom is 0.248 e. The van der Waals surface area contributed by atoms with Crippen LogP contribution in [-0.2, 0) is 4.79 Å². The van der Waals surface area contributed by atoms with Crippen molar-refractivity contribution in [2.45, 2.75) is 6.92 Å². The van der Waals surface area contributed by atoms with Crippen molar-refractivity contribution >= 4 is 28.7 Å². The summed E-state index contributed by atoms with van der Waals surface area (Å²) in [6.45, 7) is 2.02. The maximum atomic E-state index is 13.1. The molecule has 2 aromatic heterocycles. The molecule has 5 rings (SSSR count). The number of rotatable bonds is 5. The van der Waals surface area contributed by atoms with Gasteiger partial charge in [0.15, 0.2) is 0 Å². The van der Waals surface area contributed by atoms with Gasteiger partial charge in [0.05, 0.1) is 5.69 Å². The summed E-state index contributed by atoms with van der Waals surface area (Å²) in [6.07, 6.45) is 2.97. The summed E-state index contributed by atoms with van der Waals surface area (Å²) in [6, 6.07) is 22.8. The Bertz CT molecular complexity index is 1460. The molecule has 0 unspecified atom stereocenters. The smallest absolute Gasteiger partial charge is 0.248 e. The lowest BCUT2D eigenvalue weighted by atomic mass is 10.2. The molecular formula is C26H19FN4O2. The monoisotopic (exact) mass is 438 g/mol. The van der Waals surface area contributed by atoms with E-state index in [2.05, 4.69) is 15.5 Å². The van der Waals surface area contributed by atoms with E-state index in [0.29, 0.717) is 22.7 Å². The number of furan rings is 1. The summed E-state index contributed by atoms with van der Waals surface area (Å²) < 4.78 is 18.8. The molecule has 0 saturated carbocycles. The van der Waals surface area contributed by atoms with Crippen molar-refractivity contribution in [3.8, 4) is 17.0 Å². The van der Waals surface area contributed by atoms with E-state index < -0.39 is 0 Å². The molecule has 2 heterocycles. The van der Waals surface area contributed by atoms with Crippen molar-refractivity contribution in [3.63, 3.8) is 0 Å². The third kappa shape index (κ3) is 4.57. The SMILES string of the molecule is Cc1ccc(-n2nc3ccc(NC(=O)/C=C/c4ccc(-c5ccc(F)cc5)o4)cc3n2)cc1. The van der Waals surface area contributed by atoms with Gasteiger partial charge in [-0.05, 0) is 79.7 Å². The van der Waals surface area contributed by atoms with Crippen molar-refractivity contribution < 1.29 is 13.6 Å². The summed E-state index contributed by atoms with van der Waals surface area (Å²) in [5.41, 5.74) is 4.80. The number of anilines is 1. The van der Waals surface area contributed by atoms with Crippen molar-refractivity contribution in [2.24, 2.45) is 0 Å². The van der Waals surface area contributed by atoms with Gasteiger partial charge in [-0.1, -0.05) is 17.7 Å². The van der Waals surface area contributed by atoms with Crippen LogP contribution in [0.2, 0.25) is 0 Å². The van der Waals surface area contributed by atoms with E-state index in [0.717, 1.165) is 22.3 Å². The Kier molecular flexibility index (Phi) is 5.28. The Labute approximate surface area is 189 Å². The van der Waals surface area contributed by atoms with Crippen LogP contribution in [0.25, 0.3) is 34.1 Å². The fourth-order valence-corrected chi connectivity index (χ4v) is 3.34. The minimum atomic E-state index is -0.307. The summed E-state index contributed by atoms with van der Waals surface area (Å²) in [5, 5.41) is 11.8. The first-order chi connectivity index (χ1) is 16.0. The number of nitrogens with zero attached hydrogens (tertiary/aromatic N) is 3. The molecule has 0 fully saturated rings. The van der Waals surface area contributed by atoms with Gasteiger partial charge in [-0.15, -0.1) is 10.2 Å². The number of fused-ring (bicyclic) bond motifs is 1. The highest BCUT2D eigenvalue weighted by Crippen LogP contribution is 2.23. The molecule has 0 aliphatic rings. The second-order valence-corrected chi connectivity index (χ2v) is 7.56. The average Bonchev–Trinajstić information content (AvgIpc) is 3.46. The van der Waals surface area contributed by atoms with Gasteiger partial charge in [0.2, 0.25) is 5.91 Å². The zero-order chi connectivity index (χ0) is 22.8. The molecule has 0 aliphatic heterocycles. The first-order valence-electron chi connectivity index (χ1n) is 10.3. The van der Waals surface area contributed by atoms with Gasteiger partial charge >= 0.3 is 0 Å². The highest BCUT2D eigenvalue weighted by molar-refractivity contribution is 6.02. The predicted octanol–water partition coefficient (Wildman–Crippen LogP) is 5.78. The number of hydrogen-bond acceptors (Lipinski definition) is 4. The van der Waals surface area contributed by atoms with Gasteiger partial charge in [-0.3, -0.25) is 4.79 Å². The molecule has 7 heteroatoms. The number of aromatic nitrogens is 3. The molecule has 3 aromatic carbocycles. The van der Waals surface area contributed by atoms with Crippen LogP contribution in [0.4, 0.5) is 10.1 Å². The lowest BCUT2D eigenvalue weighted by Crippen LogP contribution is -2.07. The molecule has 0 aliphatic carbocycles. The van der Waals surface area contributed by atoms with Crippen molar-refractivity contribution in [1.29, 1.82) is 0 Å². The molecule has 0 atom stereocenters. The third-order valence-corrected chi connectivity index (χ3v) is 5.07. The Morgan fingerprint density at radius 1 is 0.939 bits per heavy atom. The minimum absolute atomic E-state index is 0.306. The number of halogens is 1. The zero-order valence-electron chi connectivity index (χ0n) is 17.7. The first-order valence-corrected chi connectivity index (χ1v) is 10.3. The minimum Gasteiger partial charge on any atom is -0.457 e. The second kappa shape index (κ2) is 8.55. The summed E-state index contributed by atoms with van der Waals surface area (Å²) >= 11 is 0. The molecule has 5 aromatic rings. The lowest BCUT2D eigenvalue weighted by molar-refractivity contribution is -0.111. The molecule has 162 valence electrons. The van der Waals surface area contributed by atoms with Gasteiger partial charge in [-0.25, -0.2) is 4.39 Å². The largest absolute Gasteiger partial charge is 0.457 e. The van der Waals surface area contributed by atoms with Crippen LogP contribution in [-0.4, -0.2) is 20.9 Å². The Morgan fingerprint density at radius 3 is 2.48 bits per heavy atom. The number of benzene rings is 3. The van der Waals surface area contributed by atoms with Gasteiger partial charge in [0.25, 0.3) is 0 Å². The van der Waals surface area contributed by atoms with Gasteiger partial charge in [0, 0.05) is 17.3 Å². The standard InChI is InChI=1S/C26H19FN4O2/c1-17-2-9-21(10-3-17)31-29-23-13-8-20(16-24(23)30-31)28-26(32)15-12-22-11-14-25(33-22)18-4-6-19(27)7-5-18/h2-16H,1H3,(H,28,32)/b15-12+. The summed E-state index contributed by atoms with van der Waals surface area (Å²) in [4.78, 5) is 13.9. The number of amides is 1. The zero-order valence-corrected chi connectivity index (χ0v) is 17.7. The number of carbonyl (C=O) groups excluding carboxylic acids is 1. The Morgan fingerprint density at radius 2 is 1.70 bits per heavy atom. The van der Waals surface area contributed by atoms with Crippen LogP contribution in [0.3, 0.4) is 0 Å². The van der Waals surface area contributed by atoms with Crippen LogP contribution < -0.4 is 5.32 Å². The maximum absolute atomic E-state index is 13.1. The topological polar surface area (TPSA) is 73.0 Å². The van der Waals surface area contributed by atoms with E-state index in [4.69, 9.17) is 4.42 Å². The molecule has 0 spiro atoms. The highest BCUT2D eigenvalue weighted by Gasteiger charge is 2.08. The first kappa shape index (κ1) is 20.4. The molecule has 33 heavy (non-hydrogen) atoms. The quantitative estimate of drug-likeness (QED) is 0.353. The van der Waals surface area contributed by atoms with E-state index in [1.807, 2.05) is 37.3 Å². The van der Waals surface area contributed by atoms with Crippen LogP contribution in [0.15, 0.2) is 89.4 Å². The van der Waals surface area contributed by atoms with Gasteiger partial charge in [-0.2, -0.15) is 4.80 Å². The van der Waals surface area contributed by atoms with Crippen LogP contribution in [0.1, 0.15) is 11.3 Å². The number of aryl methyl sites for hydroxylation is 1. The molecule has 6 nitrogen and oxygen atoms in total. The van der Waals surface area contributed by atoms with Crippen LogP contribution in [0, 0.1) is 12.7 Å². The number of nitrogens with one attached hydrogen (secondary N) is 1. The summed E-state index contributed by atoms with van der Waals surface area (Å²) in [5.74, 6) is 0.496. The molecule has 0 saturated heterocycles. The molecule has 0 radical (unpaired) electrons. The van der Waals surface area contributed by atoms with Crippen molar-refractivity contribution in [1.82, 2.24) is 15.0 Å². The normalized spacial score (nSPS) is 11.3. The Balaban J connectivity index is 1.27. The summed E-state index contributed by atoms with van der Waals surface area (Å²) in [7, 11) is 0. The number of carbonyl (C=O) groups is 1. The van der Waals surface area contributed by atoms with E-state index in [9.17, 15) is 9.18 Å². The fraction of sp³-hybridized carbons (Fsp3) is 0.0385. The van der Waals surface area contributed by atoms with E-state index in [-0.39, 0.29) is 11.7 Å². The van der Waals surface area contributed by atoms with Crippen LogP contribution in [0.5, 0.6) is 0 Å². The molecular weight excluding hydrogens is 419 g/mol. The van der Waals surface area contributed by atoms with Gasteiger partial charge in [0.1, 0.15) is 28.4 Å². The number of hydrogen-bond donors (Lipinski definition) is 1. The van der Waals surface area contributed by atoms with Gasteiger partial charge < -0.3 is 9.73 Å². The second-order valence-electron chi connectivity index (χ2n) is 7.56. The fourth-order valence-electron chi connectivity index (χ4n) is 3.34. The van der Waals surface area contributed by atoms with Crippen molar-refractivity contribution in [2.75, 3.05) is 5.32 Å². The third-order valence-electron chi connectivity index (χ3n) is 5.07. The Hall–Kier alpha value is -4.52. The molecule has 1 amide bonds. The molecule has 0 bridgehead atoms. The van der Waals surface area contributed by atoms with Crippen LogP contribution >= 0.6 is 0 Å².